The summed E-state index contributed by atoms with van der Waals surface area (Å²) in [6, 6.07) is 12.6. The van der Waals surface area contributed by atoms with Gasteiger partial charge in [-0.1, -0.05) is 18.2 Å². The van der Waals surface area contributed by atoms with E-state index in [1.54, 1.807) is 0 Å². The first-order valence-electron chi connectivity index (χ1n) is 8.02. The number of hydrogen-bond donors (Lipinski definition) is 1. The Bertz CT molecular complexity index is 768. The van der Waals surface area contributed by atoms with E-state index in [9.17, 15) is 8.42 Å². The molecule has 0 bridgehead atoms. The Kier molecular flexibility index (Phi) is 4.82. The van der Waals surface area contributed by atoms with Gasteiger partial charge in [0, 0.05) is 37.3 Å². The maximum absolute atomic E-state index is 11.2. The van der Waals surface area contributed by atoms with Gasteiger partial charge in [-0.05, 0) is 31.0 Å². The molecule has 124 valence electrons. The normalized spacial score (nSPS) is 17.4. The molecule has 0 spiro atoms. The minimum Gasteiger partial charge on any atom is -0.367 e. The number of piperidine rings is 1. The van der Waals surface area contributed by atoms with Crippen LogP contribution in [-0.2, 0) is 9.84 Å². The number of pyridine rings is 1. The molecule has 1 aromatic carbocycles. The number of sulfone groups is 1. The molecule has 5 nitrogen and oxygen atoms in total. The van der Waals surface area contributed by atoms with Crippen LogP contribution in [0.2, 0.25) is 0 Å². The molecule has 0 aliphatic carbocycles. The molecule has 0 radical (unpaired) electrons. The van der Waals surface area contributed by atoms with Crippen molar-refractivity contribution < 1.29 is 8.42 Å². The molecule has 2 aromatic rings. The molecule has 1 N–H and O–H groups in total. The van der Waals surface area contributed by atoms with E-state index < -0.39 is 9.84 Å². The topological polar surface area (TPSA) is 62.3 Å². The quantitative estimate of drug-likeness (QED) is 0.908. The standard InChI is InChI=1S/C17H23N3O2S/c1-23(21,22)13-12-20-10-8-15(9-11-20)18-17-7-6-14-4-2-3-5-16(14)19-17/h2-7,15H,8-13H2,1H3,(H,18,19). The number of rotatable bonds is 5. The van der Waals surface area contributed by atoms with E-state index in [4.69, 9.17) is 0 Å². The number of benzene rings is 1. The lowest BCUT2D eigenvalue weighted by atomic mass is 10.1. The zero-order valence-electron chi connectivity index (χ0n) is 13.4. The Balaban J connectivity index is 1.53. The van der Waals surface area contributed by atoms with Crippen LogP contribution in [0.25, 0.3) is 10.9 Å². The fraction of sp³-hybridized carbons (Fsp3) is 0.471. The molecular formula is C17H23N3O2S. The maximum Gasteiger partial charge on any atom is 0.148 e. The number of aromatic nitrogens is 1. The van der Waals surface area contributed by atoms with Crippen LogP contribution in [0.5, 0.6) is 0 Å². The highest BCUT2D eigenvalue weighted by atomic mass is 32.2. The summed E-state index contributed by atoms with van der Waals surface area (Å²) in [7, 11) is -2.87. The first kappa shape index (κ1) is 16.2. The van der Waals surface area contributed by atoms with Crippen molar-refractivity contribution in [3.8, 4) is 0 Å². The number of nitrogens with one attached hydrogen (secondary N) is 1. The summed E-state index contributed by atoms with van der Waals surface area (Å²) < 4.78 is 22.5. The lowest BCUT2D eigenvalue weighted by molar-refractivity contribution is 0.230. The van der Waals surface area contributed by atoms with Crippen LogP contribution in [0.4, 0.5) is 5.82 Å². The monoisotopic (exact) mass is 333 g/mol. The fourth-order valence-corrected chi connectivity index (χ4v) is 3.54. The lowest BCUT2D eigenvalue weighted by Gasteiger charge is -2.32. The Morgan fingerprint density at radius 2 is 1.91 bits per heavy atom. The van der Waals surface area contributed by atoms with Gasteiger partial charge < -0.3 is 10.2 Å². The van der Waals surface area contributed by atoms with Gasteiger partial charge in [-0.15, -0.1) is 0 Å². The van der Waals surface area contributed by atoms with Crippen LogP contribution in [0, 0.1) is 0 Å². The van der Waals surface area contributed by atoms with E-state index in [1.807, 2.05) is 24.3 Å². The van der Waals surface area contributed by atoms with Crippen molar-refractivity contribution in [3.63, 3.8) is 0 Å². The Morgan fingerprint density at radius 3 is 2.65 bits per heavy atom. The third kappa shape index (κ3) is 4.65. The van der Waals surface area contributed by atoms with Gasteiger partial charge in [0.15, 0.2) is 0 Å². The molecule has 6 heteroatoms. The molecule has 0 saturated carbocycles. The maximum atomic E-state index is 11.2. The van der Waals surface area contributed by atoms with Crippen molar-refractivity contribution in [2.75, 3.05) is 37.0 Å². The molecule has 1 fully saturated rings. The molecule has 23 heavy (non-hydrogen) atoms. The summed E-state index contributed by atoms with van der Waals surface area (Å²) in [5, 5.41) is 4.66. The summed E-state index contributed by atoms with van der Waals surface area (Å²) in [6.07, 6.45) is 3.32. The smallest absolute Gasteiger partial charge is 0.148 e. The molecule has 3 rings (SSSR count). The Labute approximate surface area is 137 Å². The van der Waals surface area contributed by atoms with Crippen molar-refractivity contribution in [1.82, 2.24) is 9.88 Å². The van der Waals surface area contributed by atoms with Gasteiger partial charge in [-0.25, -0.2) is 13.4 Å². The van der Waals surface area contributed by atoms with E-state index >= 15 is 0 Å². The van der Waals surface area contributed by atoms with Crippen LogP contribution < -0.4 is 5.32 Å². The van der Waals surface area contributed by atoms with Crippen molar-refractivity contribution in [1.29, 1.82) is 0 Å². The largest absolute Gasteiger partial charge is 0.367 e. The van der Waals surface area contributed by atoms with E-state index in [-0.39, 0.29) is 5.75 Å². The molecule has 1 aliphatic rings. The highest BCUT2D eigenvalue weighted by Gasteiger charge is 2.20. The number of likely N-dealkylation sites (tertiary alicyclic amines) is 1. The Morgan fingerprint density at radius 1 is 1.17 bits per heavy atom. The van der Waals surface area contributed by atoms with Crippen LogP contribution in [-0.4, -0.2) is 56.0 Å². The summed E-state index contributed by atoms with van der Waals surface area (Å²) in [6.45, 7) is 2.50. The molecule has 1 saturated heterocycles. The molecule has 0 amide bonds. The van der Waals surface area contributed by atoms with Gasteiger partial charge in [0.1, 0.15) is 15.7 Å². The van der Waals surface area contributed by atoms with Crippen LogP contribution in [0.1, 0.15) is 12.8 Å². The first-order chi connectivity index (χ1) is 11.0. The summed E-state index contributed by atoms with van der Waals surface area (Å²) in [5.74, 6) is 1.16. The Hall–Kier alpha value is -1.66. The summed E-state index contributed by atoms with van der Waals surface area (Å²) >= 11 is 0. The van der Waals surface area contributed by atoms with Gasteiger partial charge in [-0.3, -0.25) is 0 Å². The average Bonchev–Trinajstić information content (AvgIpc) is 2.53. The van der Waals surface area contributed by atoms with Gasteiger partial charge >= 0.3 is 0 Å². The SMILES string of the molecule is CS(=O)(=O)CCN1CCC(Nc2ccc3ccccc3n2)CC1. The van der Waals surface area contributed by atoms with Crippen molar-refractivity contribution in [2.24, 2.45) is 0 Å². The van der Waals surface area contributed by atoms with Crippen LogP contribution in [0.3, 0.4) is 0 Å². The number of para-hydroxylation sites is 1. The first-order valence-corrected chi connectivity index (χ1v) is 10.1. The molecule has 0 unspecified atom stereocenters. The zero-order valence-corrected chi connectivity index (χ0v) is 14.2. The summed E-state index contributed by atoms with van der Waals surface area (Å²) in [5.41, 5.74) is 1.00. The second kappa shape index (κ2) is 6.84. The molecule has 2 heterocycles. The van der Waals surface area contributed by atoms with Gasteiger partial charge in [-0.2, -0.15) is 0 Å². The summed E-state index contributed by atoms with van der Waals surface area (Å²) in [4.78, 5) is 6.88. The minimum absolute atomic E-state index is 0.247. The highest BCUT2D eigenvalue weighted by molar-refractivity contribution is 7.90. The van der Waals surface area contributed by atoms with E-state index in [0.29, 0.717) is 12.6 Å². The van der Waals surface area contributed by atoms with Gasteiger partial charge in [0.2, 0.25) is 0 Å². The van der Waals surface area contributed by atoms with Crippen molar-refractivity contribution in [2.45, 2.75) is 18.9 Å². The van der Waals surface area contributed by atoms with Crippen molar-refractivity contribution >= 4 is 26.6 Å². The van der Waals surface area contributed by atoms with Gasteiger partial charge in [0.05, 0.1) is 11.3 Å². The molecule has 1 aliphatic heterocycles. The van der Waals surface area contributed by atoms with Crippen molar-refractivity contribution in [3.05, 3.63) is 36.4 Å². The number of nitrogens with zero attached hydrogens (tertiary/aromatic N) is 2. The third-order valence-electron chi connectivity index (χ3n) is 4.32. The van der Waals surface area contributed by atoms with Crippen LogP contribution >= 0.6 is 0 Å². The molecule has 1 aromatic heterocycles. The van der Waals surface area contributed by atoms with E-state index in [0.717, 1.165) is 42.7 Å². The van der Waals surface area contributed by atoms with Gasteiger partial charge in [0.25, 0.3) is 0 Å². The highest BCUT2D eigenvalue weighted by Crippen LogP contribution is 2.18. The average molecular weight is 333 g/mol. The fourth-order valence-electron chi connectivity index (χ4n) is 2.95. The molecule has 0 atom stereocenters. The molecular weight excluding hydrogens is 310 g/mol. The van der Waals surface area contributed by atoms with Crippen LogP contribution in [0.15, 0.2) is 36.4 Å². The second-order valence-electron chi connectivity index (χ2n) is 6.28. The number of fused-ring (bicyclic) bond motifs is 1. The van der Waals surface area contributed by atoms with E-state index in [1.165, 1.54) is 6.26 Å². The second-order valence-corrected chi connectivity index (χ2v) is 8.54. The number of anilines is 1. The lowest BCUT2D eigenvalue weighted by Crippen LogP contribution is -2.41. The third-order valence-corrected chi connectivity index (χ3v) is 5.24. The predicted octanol–water partition coefficient (Wildman–Crippen LogP) is 2.16. The zero-order chi connectivity index (χ0) is 16.3. The predicted molar refractivity (Wildman–Crippen MR) is 94.5 cm³/mol. The number of hydrogen-bond acceptors (Lipinski definition) is 5. The minimum atomic E-state index is -2.87. The van der Waals surface area contributed by atoms with E-state index in [2.05, 4.69) is 27.3 Å².